The number of para-hydroxylation sites is 1. The van der Waals surface area contributed by atoms with E-state index in [0.29, 0.717) is 13.2 Å². The van der Waals surface area contributed by atoms with Gasteiger partial charge in [0.05, 0.1) is 19.4 Å². The summed E-state index contributed by atoms with van der Waals surface area (Å²) in [5.74, 6) is 1.60. The third kappa shape index (κ3) is 6.26. The standard InChI is InChI=1S/C20H23NO3/c1-20(2,12-7-13-21-22)16-23-15-17-8-6-11-19(14-17)24-18-9-4-3-5-10-18/h3-14,22H,15-16H2,1-2H3. The highest BCUT2D eigenvalue weighted by Crippen LogP contribution is 2.23. The molecule has 4 heteroatoms. The van der Waals surface area contributed by atoms with Gasteiger partial charge in [-0.3, -0.25) is 0 Å². The Morgan fingerprint density at radius 1 is 1.04 bits per heavy atom. The van der Waals surface area contributed by atoms with E-state index >= 15 is 0 Å². The number of allylic oxidation sites excluding steroid dienone is 1. The zero-order chi connectivity index (χ0) is 17.3. The van der Waals surface area contributed by atoms with Gasteiger partial charge in [-0.2, -0.15) is 0 Å². The van der Waals surface area contributed by atoms with Crippen molar-refractivity contribution in [3.05, 3.63) is 72.3 Å². The van der Waals surface area contributed by atoms with Crippen LogP contribution in [-0.4, -0.2) is 18.0 Å². The molecule has 126 valence electrons. The van der Waals surface area contributed by atoms with E-state index in [4.69, 9.17) is 14.7 Å². The number of rotatable bonds is 8. The second-order valence-electron chi connectivity index (χ2n) is 6.17. The van der Waals surface area contributed by atoms with Crippen LogP contribution < -0.4 is 4.74 Å². The molecule has 0 aliphatic rings. The lowest BCUT2D eigenvalue weighted by Crippen LogP contribution is -2.16. The summed E-state index contributed by atoms with van der Waals surface area (Å²) in [4.78, 5) is 0. The van der Waals surface area contributed by atoms with E-state index in [2.05, 4.69) is 19.0 Å². The van der Waals surface area contributed by atoms with Gasteiger partial charge in [0.15, 0.2) is 0 Å². The molecule has 0 radical (unpaired) electrons. The predicted octanol–water partition coefficient (Wildman–Crippen LogP) is 5.04. The maximum atomic E-state index is 8.39. The van der Waals surface area contributed by atoms with Crippen molar-refractivity contribution in [2.24, 2.45) is 10.6 Å². The van der Waals surface area contributed by atoms with E-state index in [1.54, 1.807) is 6.08 Å². The van der Waals surface area contributed by atoms with Crippen LogP contribution in [0.3, 0.4) is 0 Å². The van der Waals surface area contributed by atoms with Gasteiger partial charge in [-0.15, -0.1) is 0 Å². The maximum absolute atomic E-state index is 8.39. The number of oxime groups is 1. The van der Waals surface area contributed by atoms with Crippen LogP contribution >= 0.6 is 0 Å². The summed E-state index contributed by atoms with van der Waals surface area (Å²) >= 11 is 0. The number of hydrogen-bond acceptors (Lipinski definition) is 4. The normalized spacial score (nSPS) is 12.1. The minimum absolute atomic E-state index is 0.140. The average Bonchev–Trinajstić information content (AvgIpc) is 2.56. The molecule has 0 aliphatic heterocycles. The van der Waals surface area contributed by atoms with Crippen molar-refractivity contribution in [1.82, 2.24) is 0 Å². The summed E-state index contributed by atoms with van der Waals surface area (Å²) in [6.07, 6.45) is 4.99. The second-order valence-corrected chi connectivity index (χ2v) is 6.17. The quantitative estimate of drug-likeness (QED) is 0.420. The third-order valence-corrected chi connectivity index (χ3v) is 3.32. The Morgan fingerprint density at radius 2 is 1.79 bits per heavy atom. The summed E-state index contributed by atoms with van der Waals surface area (Å²) in [5, 5.41) is 11.3. The molecule has 0 fully saturated rings. The monoisotopic (exact) mass is 325 g/mol. The summed E-state index contributed by atoms with van der Waals surface area (Å²) in [6.45, 7) is 5.19. The number of nitrogens with zero attached hydrogens (tertiary/aromatic N) is 1. The van der Waals surface area contributed by atoms with Crippen LogP contribution in [0.5, 0.6) is 11.5 Å². The Bertz CT molecular complexity index is 678. The number of hydrogen-bond donors (Lipinski definition) is 1. The van der Waals surface area contributed by atoms with E-state index in [1.165, 1.54) is 6.21 Å². The van der Waals surface area contributed by atoms with E-state index in [0.717, 1.165) is 17.1 Å². The zero-order valence-corrected chi connectivity index (χ0v) is 14.1. The molecular formula is C20H23NO3. The first-order valence-electron chi connectivity index (χ1n) is 7.84. The van der Waals surface area contributed by atoms with Crippen molar-refractivity contribution < 1.29 is 14.7 Å². The molecule has 0 amide bonds. The van der Waals surface area contributed by atoms with Crippen molar-refractivity contribution in [1.29, 1.82) is 0 Å². The lowest BCUT2D eigenvalue weighted by molar-refractivity contribution is 0.0717. The molecule has 2 aromatic carbocycles. The van der Waals surface area contributed by atoms with Gasteiger partial charge < -0.3 is 14.7 Å². The molecule has 0 saturated heterocycles. The molecule has 0 aromatic heterocycles. The fraction of sp³-hybridized carbons (Fsp3) is 0.250. The molecule has 24 heavy (non-hydrogen) atoms. The van der Waals surface area contributed by atoms with Crippen LogP contribution in [-0.2, 0) is 11.3 Å². The molecule has 1 N–H and O–H groups in total. The largest absolute Gasteiger partial charge is 0.457 e. The topological polar surface area (TPSA) is 51.1 Å². The number of benzene rings is 2. The first-order valence-corrected chi connectivity index (χ1v) is 7.84. The third-order valence-electron chi connectivity index (χ3n) is 3.32. The van der Waals surface area contributed by atoms with Gasteiger partial charge in [-0.05, 0) is 35.9 Å². The van der Waals surface area contributed by atoms with E-state index in [9.17, 15) is 0 Å². The van der Waals surface area contributed by atoms with Crippen molar-refractivity contribution in [2.75, 3.05) is 6.61 Å². The van der Waals surface area contributed by atoms with Crippen LogP contribution in [0, 0.1) is 5.41 Å². The summed E-state index contributed by atoms with van der Waals surface area (Å²) in [7, 11) is 0. The van der Waals surface area contributed by atoms with Gasteiger partial charge in [0.1, 0.15) is 11.5 Å². The van der Waals surface area contributed by atoms with Crippen LogP contribution in [0.1, 0.15) is 19.4 Å². The van der Waals surface area contributed by atoms with Crippen LogP contribution in [0.25, 0.3) is 0 Å². The molecule has 0 bridgehead atoms. The SMILES string of the molecule is CC(C)(C=CC=NO)COCc1cccc(Oc2ccccc2)c1. The summed E-state index contributed by atoms with van der Waals surface area (Å²) < 4.78 is 11.6. The minimum Gasteiger partial charge on any atom is -0.457 e. The van der Waals surface area contributed by atoms with Crippen molar-refractivity contribution in [2.45, 2.75) is 20.5 Å². The van der Waals surface area contributed by atoms with Crippen molar-refractivity contribution in [3.8, 4) is 11.5 Å². The molecule has 0 aliphatic carbocycles. The molecular weight excluding hydrogens is 302 g/mol. The van der Waals surface area contributed by atoms with Crippen LogP contribution in [0.2, 0.25) is 0 Å². The van der Waals surface area contributed by atoms with Gasteiger partial charge in [0.25, 0.3) is 0 Å². The van der Waals surface area contributed by atoms with Gasteiger partial charge in [-0.25, -0.2) is 0 Å². The van der Waals surface area contributed by atoms with Crippen LogP contribution in [0.15, 0.2) is 71.9 Å². The Hall–Kier alpha value is -2.59. The highest BCUT2D eigenvalue weighted by atomic mass is 16.5. The Morgan fingerprint density at radius 3 is 2.54 bits per heavy atom. The van der Waals surface area contributed by atoms with Crippen LogP contribution in [0.4, 0.5) is 0 Å². The first-order chi connectivity index (χ1) is 11.6. The summed E-state index contributed by atoms with van der Waals surface area (Å²) in [6, 6.07) is 17.6. The molecule has 4 nitrogen and oxygen atoms in total. The second kappa shape index (κ2) is 8.89. The van der Waals surface area contributed by atoms with E-state index in [-0.39, 0.29) is 5.41 Å². The molecule has 0 heterocycles. The molecule has 0 unspecified atom stereocenters. The highest BCUT2D eigenvalue weighted by Gasteiger charge is 2.13. The average molecular weight is 325 g/mol. The number of ether oxygens (including phenoxy) is 2. The lowest BCUT2D eigenvalue weighted by atomic mass is 9.94. The molecule has 0 spiro atoms. The smallest absolute Gasteiger partial charge is 0.127 e. The molecule has 2 rings (SSSR count). The minimum atomic E-state index is -0.140. The molecule has 2 aromatic rings. The summed E-state index contributed by atoms with van der Waals surface area (Å²) in [5.41, 5.74) is 0.916. The van der Waals surface area contributed by atoms with Crippen molar-refractivity contribution in [3.63, 3.8) is 0 Å². The van der Waals surface area contributed by atoms with Gasteiger partial charge in [0, 0.05) is 5.41 Å². The Balaban J connectivity index is 1.88. The van der Waals surface area contributed by atoms with Gasteiger partial charge in [0.2, 0.25) is 0 Å². The highest BCUT2D eigenvalue weighted by molar-refractivity contribution is 5.70. The molecule has 0 saturated carbocycles. The van der Waals surface area contributed by atoms with Crippen molar-refractivity contribution >= 4 is 6.21 Å². The zero-order valence-electron chi connectivity index (χ0n) is 14.1. The van der Waals surface area contributed by atoms with E-state index in [1.807, 2.05) is 60.7 Å². The predicted molar refractivity (Wildman–Crippen MR) is 95.8 cm³/mol. The van der Waals surface area contributed by atoms with Gasteiger partial charge >= 0.3 is 0 Å². The molecule has 0 atom stereocenters. The Labute approximate surface area is 143 Å². The fourth-order valence-electron chi connectivity index (χ4n) is 2.15. The van der Waals surface area contributed by atoms with E-state index < -0.39 is 0 Å². The lowest BCUT2D eigenvalue weighted by Gasteiger charge is -2.20. The first kappa shape index (κ1) is 17.8. The maximum Gasteiger partial charge on any atom is 0.127 e. The van der Waals surface area contributed by atoms with Gasteiger partial charge in [-0.1, -0.05) is 55.4 Å². The fourth-order valence-corrected chi connectivity index (χ4v) is 2.15. The Kier molecular flexibility index (Phi) is 6.58.